The molecule has 0 aliphatic rings. The molecule has 0 aromatic heterocycles. The second-order valence-electron chi connectivity index (χ2n) is 3.31. The van der Waals surface area contributed by atoms with Crippen molar-refractivity contribution in [2.24, 2.45) is 10.2 Å². The SMILES string of the molecule is Oc1ccc(N=Nc2cc(Cl)ccc2Cl)cc1. The van der Waals surface area contributed by atoms with Crippen molar-refractivity contribution >= 4 is 34.6 Å². The maximum atomic E-state index is 9.11. The van der Waals surface area contributed by atoms with Gasteiger partial charge in [0.05, 0.1) is 10.7 Å². The molecule has 0 saturated heterocycles. The van der Waals surface area contributed by atoms with Crippen LogP contribution in [0.3, 0.4) is 0 Å². The van der Waals surface area contributed by atoms with Gasteiger partial charge in [-0.25, -0.2) is 0 Å². The Morgan fingerprint density at radius 3 is 2.29 bits per heavy atom. The van der Waals surface area contributed by atoms with Gasteiger partial charge in [-0.05, 0) is 42.5 Å². The predicted octanol–water partition coefficient (Wildman–Crippen LogP) is 5.11. The molecule has 86 valence electrons. The first-order valence-electron chi connectivity index (χ1n) is 4.81. The number of aromatic hydroxyl groups is 1. The molecule has 0 spiro atoms. The minimum absolute atomic E-state index is 0.185. The Bertz CT molecular complexity index is 553. The number of benzene rings is 2. The number of hydrogen-bond donors (Lipinski definition) is 1. The summed E-state index contributed by atoms with van der Waals surface area (Å²) >= 11 is 11.8. The Hall–Kier alpha value is -1.58. The van der Waals surface area contributed by atoms with E-state index >= 15 is 0 Å². The largest absolute Gasteiger partial charge is 0.508 e. The lowest BCUT2D eigenvalue weighted by molar-refractivity contribution is 0.475. The van der Waals surface area contributed by atoms with Gasteiger partial charge in [0.2, 0.25) is 0 Å². The van der Waals surface area contributed by atoms with E-state index in [9.17, 15) is 0 Å². The molecule has 0 unspecified atom stereocenters. The molecule has 5 heteroatoms. The van der Waals surface area contributed by atoms with E-state index in [2.05, 4.69) is 10.2 Å². The zero-order valence-corrected chi connectivity index (χ0v) is 10.2. The predicted molar refractivity (Wildman–Crippen MR) is 68.7 cm³/mol. The third-order valence-electron chi connectivity index (χ3n) is 2.03. The van der Waals surface area contributed by atoms with Gasteiger partial charge in [0.1, 0.15) is 11.4 Å². The maximum Gasteiger partial charge on any atom is 0.115 e. The van der Waals surface area contributed by atoms with Crippen molar-refractivity contribution in [2.45, 2.75) is 0 Å². The van der Waals surface area contributed by atoms with Gasteiger partial charge in [0, 0.05) is 5.02 Å². The van der Waals surface area contributed by atoms with Gasteiger partial charge in [-0.3, -0.25) is 0 Å². The average molecular weight is 267 g/mol. The van der Waals surface area contributed by atoms with E-state index in [1.807, 2.05) is 0 Å². The highest BCUT2D eigenvalue weighted by molar-refractivity contribution is 6.35. The van der Waals surface area contributed by atoms with Crippen molar-refractivity contribution < 1.29 is 5.11 Å². The molecule has 0 bridgehead atoms. The van der Waals surface area contributed by atoms with Crippen LogP contribution in [0.25, 0.3) is 0 Å². The van der Waals surface area contributed by atoms with Crippen LogP contribution in [0.15, 0.2) is 52.7 Å². The molecule has 2 rings (SSSR count). The van der Waals surface area contributed by atoms with Crippen molar-refractivity contribution in [3.05, 3.63) is 52.5 Å². The Balaban J connectivity index is 2.25. The quantitative estimate of drug-likeness (QED) is 0.754. The zero-order valence-electron chi connectivity index (χ0n) is 8.64. The minimum atomic E-state index is 0.185. The van der Waals surface area contributed by atoms with Gasteiger partial charge < -0.3 is 5.11 Å². The smallest absolute Gasteiger partial charge is 0.115 e. The van der Waals surface area contributed by atoms with E-state index in [1.165, 1.54) is 12.1 Å². The molecule has 3 nitrogen and oxygen atoms in total. The van der Waals surface area contributed by atoms with Crippen molar-refractivity contribution in [3.8, 4) is 5.75 Å². The van der Waals surface area contributed by atoms with Crippen LogP contribution >= 0.6 is 23.2 Å². The fraction of sp³-hybridized carbons (Fsp3) is 0. The molecule has 0 saturated carbocycles. The lowest BCUT2D eigenvalue weighted by atomic mass is 10.3. The van der Waals surface area contributed by atoms with Gasteiger partial charge >= 0.3 is 0 Å². The number of phenolic OH excluding ortho intramolecular Hbond substituents is 1. The van der Waals surface area contributed by atoms with Gasteiger partial charge in [-0.1, -0.05) is 23.2 Å². The van der Waals surface area contributed by atoms with E-state index < -0.39 is 0 Å². The molecule has 0 radical (unpaired) electrons. The molecular formula is C12H8Cl2N2O. The number of nitrogens with zero attached hydrogens (tertiary/aromatic N) is 2. The normalized spacial score (nSPS) is 10.9. The fourth-order valence-electron chi connectivity index (χ4n) is 1.19. The Labute approximate surface area is 108 Å². The van der Waals surface area contributed by atoms with Crippen LogP contribution in [0.5, 0.6) is 5.75 Å². The van der Waals surface area contributed by atoms with Crippen LogP contribution < -0.4 is 0 Å². The van der Waals surface area contributed by atoms with Crippen LogP contribution in [0.4, 0.5) is 11.4 Å². The molecule has 2 aromatic carbocycles. The summed E-state index contributed by atoms with van der Waals surface area (Å²) in [5, 5.41) is 18.1. The monoisotopic (exact) mass is 266 g/mol. The van der Waals surface area contributed by atoms with E-state index in [-0.39, 0.29) is 5.75 Å². The van der Waals surface area contributed by atoms with Gasteiger partial charge in [-0.2, -0.15) is 5.11 Å². The Kier molecular flexibility index (Phi) is 3.61. The van der Waals surface area contributed by atoms with E-state index in [0.29, 0.717) is 21.4 Å². The number of rotatable bonds is 2. The average Bonchev–Trinajstić information content (AvgIpc) is 2.32. The summed E-state index contributed by atoms with van der Waals surface area (Å²) in [6.45, 7) is 0. The van der Waals surface area contributed by atoms with E-state index in [1.54, 1.807) is 30.3 Å². The van der Waals surface area contributed by atoms with Crippen LogP contribution in [-0.2, 0) is 0 Å². The lowest BCUT2D eigenvalue weighted by Gasteiger charge is -1.97. The summed E-state index contributed by atoms with van der Waals surface area (Å²) in [6, 6.07) is 11.3. The van der Waals surface area contributed by atoms with E-state index in [0.717, 1.165) is 0 Å². The van der Waals surface area contributed by atoms with Crippen LogP contribution in [-0.4, -0.2) is 5.11 Å². The molecule has 17 heavy (non-hydrogen) atoms. The Morgan fingerprint density at radius 1 is 0.882 bits per heavy atom. The first kappa shape index (κ1) is 11.9. The third kappa shape index (κ3) is 3.19. The molecule has 0 fully saturated rings. The van der Waals surface area contributed by atoms with Crippen LogP contribution in [0.1, 0.15) is 0 Å². The number of halogens is 2. The first-order chi connectivity index (χ1) is 8.15. The van der Waals surface area contributed by atoms with Gasteiger partial charge in [0.25, 0.3) is 0 Å². The summed E-state index contributed by atoms with van der Waals surface area (Å²) in [4.78, 5) is 0. The third-order valence-corrected chi connectivity index (χ3v) is 2.59. The fourth-order valence-corrected chi connectivity index (χ4v) is 1.52. The molecular weight excluding hydrogens is 259 g/mol. The minimum Gasteiger partial charge on any atom is -0.508 e. The highest BCUT2D eigenvalue weighted by Gasteiger charge is 1.99. The highest BCUT2D eigenvalue weighted by atomic mass is 35.5. The second kappa shape index (κ2) is 5.17. The molecule has 0 heterocycles. The first-order valence-corrected chi connectivity index (χ1v) is 5.56. The summed E-state index contributed by atoms with van der Waals surface area (Å²) in [5.41, 5.74) is 1.13. The van der Waals surface area contributed by atoms with Crippen LogP contribution in [0.2, 0.25) is 10.0 Å². The Morgan fingerprint density at radius 2 is 1.59 bits per heavy atom. The second-order valence-corrected chi connectivity index (χ2v) is 4.16. The molecule has 0 amide bonds. The number of hydrogen-bond acceptors (Lipinski definition) is 3. The topological polar surface area (TPSA) is 45.0 Å². The molecule has 0 aliphatic heterocycles. The zero-order chi connectivity index (χ0) is 12.3. The highest BCUT2D eigenvalue weighted by Crippen LogP contribution is 2.29. The summed E-state index contributed by atoms with van der Waals surface area (Å²) in [6.07, 6.45) is 0. The standard InChI is InChI=1S/C12H8Cl2N2O/c13-8-1-6-11(14)12(7-8)16-15-9-2-4-10(17)5-3-9/h1-7,17H. The van der Waals surface area contributed by atoms with Crippen molar-refractivity contribution in [2.75, 3.05) is 0 Å². The van der Waals surface area contributed by atoms with Crippen molar-refractivity contribution in [3.63, 3.8) is 0 Å². The van der Waals surface area contributed by atoms with E-state index in [4.69, 9.17) is 28.3 Å². The van der Waals surface area contributed by atoms with Crippen LogP contribution in [0, 0.1) is 0 Å². The molecule has 0 atom stereocenters. The summed E-state index contributed by atoms with van der Waals surface area (Å²) in [7, 11) is 0. The summed E-state index contributed by atoms with van der Waals surface area (Å²) < 4.78 is 0. The van der Waals surface area contributed by atoms with Gasteiger partial charge in [0.15, 0.2) is 0 Å². The maximum absolute atomic E-state index is 9.11. The number of phenols is 1. The molecule has 2 aromatic rings. The number of azo groups is 1. The van der Waals surface area contributed by atoms with Gasteiger partial charge in [-0.15, -0.1) is 5.11 Å². The molecule has 0 aliphatic carbocycles. The summed E-state index contributed by atoms with van der Waals surface area (Å²) in [5.74, 6) is 0.185. The lowest BCUT2D eigenvalue weighted by Crippen LogP contribution is -1.69. The molecule has 1 N–H and O–H groups in total. The van der Waals surface area contributed by atoms with Crippen molar-refractivity contribution in [1.82, 2.24) is 0 Å². The van der Waals surface area contributed by atoms with Crippen molar-refractivity contribution in [1.29, 1.82) is 0 Å².